The van der Waals surface area contributed by atoms with Gasteiger partial charge in [0.15, 0.2) is 5.78 Å². The Morgan fingerprint density at radius 1 is 1.09 bits per heavy atom. The zero-order chi connectivity index (χ0) is 22.6. The topological polar surface area (TPSA) is 78.7 Å². The summed E-state index contributed by atoms with van der Waals surface area (Å²) in [6.07, 6.45) is 1.04. The number of carbonyl (C=O) groups is 1. The quantitative estimate of drug-likeness (QED) is 0.381. The number of non-ortho nitro benzene ring substituents is 1. The summed E-state index contributed by atoms with van der Waals surface area (Å²) in [6.45, 7) is 4.11. The number of nitro benzene ring substituents is 1. The van der Waals surface area contributed by atoms with E-state index in [1.54, 1.807) is 19.2 Å². The van der Waals surface area contributed by atoms with Gasteiger partial charge in [0.05, 0.1) is 12.0 Å². The fourth-order valence-corrected chi connectivity index (χ4v) is 4.93. The van der Waals surface area contributed by atoms with Gasteiger partial charge in [-0.05, 0) is 39.9 Å². The van der Waals surface area contributed by atoms with Crippen molar-refractivity contribution in [2.24, 2.45) is 5.41 Å². The van der Waals surface area contributed by atoms with Gasteiger partial charge in [-0.25, -0.2) is 0 Å². The van der Waals surface area contributed by atoms with Gasteiger partial charge in [-0.1, -0.05) is 38.1 Å². The van der Waals surface area contributed by atoms with Gasteiger partial charge in [-0.2, -0.15) is 0 Å². The molecule has 1 atom stereocenters. The average Bonchev–Trinajstić information content (AvgIpc) is 2.76. The third-order valence-corrected chi connectivity index (χ3v) is 6.33. The largest absolute Gasteiger partial charge is 0.497 e. The highest BCUT2D eigenvalue weighted by atomic mass is 16.6. The predicted octanol–water partition coefficient (Wildman–Crippen LogP) is 5.92. The zero-order valence-corrected chi connectivity index (χ0v) is 18.2. The predicted molar refractivity (Wildman–Crippen MR) is 121 cm³/mol. The van der Waals surface area contributed by atoms with Crippen molar-refractivity contribution in [2.45, 2.75) is 32.6 Å². The van der Waals surface area contributed by atoms with Crippen molar-refractivity contribution >= 4 is 22.2 Å². The maximum atomic E-state index is 13.4. The van der Waals surface area contributed by atoms with Gasteiger partial charge < -0.3 is 9.47 Å². The first-order valence-electron chi connectivity index (χ1n) is 10.6. The van der Waals surface area contributed by atoms with E-state index in [2.05, 4.69) is 13.8 Å². The second-order valence-corrected chi connectivity index (χ2v) is 9.23. The maximum Gasteiger partial charge on any atom is 0.269 e. The Labute approximate surface area is 185 Å². The van der Waals surface area contributed by atoms with Crippen LogP contribution in [0.1, 0.15) is 43.7 Å². The van der Waals surface area contributed by atoms with E-state index >= 15 is 0 Å². The number of hydrogen-bond acceptors (Lipinski definition) is 5. The van der Waals surface area contributed by atoms with Gasteiger partial charge in [-0.3, -0.25) is 14.9 Å². The molecule has 5 rings (SSSR count). The highest BCUT2D eigenvalue weighted by Crippen LogP contribution is 2.52. The molecule has 0 aromatic heterocycles. The standard InChI is InChI=1S/C26H23NO5/c1-26(2)13-20(28)25-22(14-26)32-21-10-8-15-7-9-18(31-3)12-19(15)24(21)23(25)16-5-4-6-17(11-16)27(29)30/h4-12,23H,13-14H2,1-3H3. The molecule has 0 fully saturated rings. The van der Waals surface area contributed by atoms with E-state index in [9.17, 15) is 14.9 Å². The maximum absolute atomic E-state index is 13.4. The summed E-state index contributed by atoms with van der Waals surface area (Å²) in [4.78, 5) is 24.5. The van der Waals surface area contributed by atoms with Crippen molar-refractivity contribution < 1.29 is 19.2 Å². The van der Waals surface area contributed by atoms with Crippen LogP contribution in [0.15, 0.2) is 65.9 Å². The van der Waals surface area contributed by atoms with Gasteiger partial charge in [0.1, 0.15) is 17.3 Å². The first-order valence-corrected chi connectivity index (χ1v) is 10.6. The minimum absolute atomic E-state index is 0.000836. The molecule has 0 saturated carbocycles. The highest BCUT2D eigenvalue weighted by Gasteiger charge is 2.43. The second kappa shape index (κ2) is 7.19. The van der Waals surface area contributed by atoms with E-state index < -0.39 is 10.8 Å². The van der Waals surface area contributed by atoms with Crippen molar-refractivity contribution in [3.63, 3.8) is 0 Å². The van der Waals surface area contributed by atoms with E-state index in [4.69, 9.17) is 9.47 Å². The summed E-state index contributed by atoms with van der Waals surface area (Å²) >= 11 is 0. The van der Waals surface area contributed by atoms with Crippen LogP contribution >= 0.6 is 0 Å². The Kier molecular flexibility index (Phi) is 4.55. The lowest BCUT2D eigenvalue weighted by atomic mass is 9.69. The number of rotatable bonds is 3. The second-order valence-electron chi connectivity index (χ2n) is 9.23. The van der Waals surface area contributed by atoms with Gasteiger partial charge in [0, 0.05) is 42.0 Å². The summed E-state index contributed by atoms with van der Waals surface area (Å²) in [5.41, 5.74) is 1.95. The van der Waals surface area contributed by atoms with E-state index in [0.717, 1.165) is 16.3 Å². The molecular weight excluding hydrogens is 406 g/mol. The van der Waals surface area contributed by atoms with E-state index in [0.29, 0.717) is 41.2 Å². The molecule has 6 nitrogen and oxygen atoms in total. The number of nitro groups is 1. The van der Waals surface area contributed by atoms with Crippen LogP contribution < -0.4 is 9.47 Å². The molecule has 0 saturated heterocycles. The summed E-state index contributed by atoms with van der Waals surface area (Å²) in [5.74, 6) is 1.61. The molecule has 1 heterocycles. The van der Waals surface area contributed by atoms with Crippen LogP contribution in [0.4, 0.5) is 5.69 Å². The molecule has 0 amide bonds. The number of allylic oxidation sites excluding steroid dienone is 2. The van der Waals surface area contributed by atoms with Crippen molar-refractivity contribution in [1.82, 2.24) is 0 Å². The van der Waals surface area contributed by atoms with Gasteiger partial charge in [0.25, 0.3) is 5.69 Å². The smallest absolute Gasteiger partial charge is 0.269 e. The molecule has 162 valence electrons. The summed E-state index contributed by atoms with van der Waals surface area (Å²) in [5, 5.41) is 13.4. The minimum Gasteiger partial charge on any atom is -0.497 e. The van der Waals surface area contributed by atoms with Crippen molar-refractivity contribution in [1.29, 1.82) is 0 Å². The molecule has 1 aliphatic heterocycles. The summed E-state index contributed by atoms with van der Waals surface area (Å²) in [7, 11) is 1.61. The number of nitrogens with zero attached hydrogens (tertiary/aromatic N) is 1. The van der Waals surface area contributed by atoms with Crippen LogP contribution in [-0.4, -0.2) is 17.8 Å². The van der Waals surface area contributed by atoms with Crippen LogP contribution in [0, 0.1) is 15.5 Å². The fourth-order valence-electron chi connectivity index (χ4n) is 4.93. The number of fused-ring (bicyclic) bond motifs is 3. The van der Waals surface area contributed by atoms with Crippen LogP contribution in [-0.2, 0) is 4.79 Å². The summed E-state index contributed by atoms with van der Waals surface area (Å²) < 4.78 is 11.8. The molecule has 3 aromatic carbocycles. The first-order chi connectivity index (χ1) is 15.3. The Hall–Kier alpha value is -3.67. The molecule has 0 radical (unpaired) electrons. The van der Waals surface area contributed by atoms with Crippen molar-refractivity contribution in [3.05, 3.63) is 87.2 Å². The number of ketones is 1. The van der Waals surface area contributed by atoms with Crippen LogP contribution in [0.5, 0.6) is 11.5 Å². The lowest BCUT2D eigenvalue weighted by Gasteiger charge is -2.38. The van der Waals surface area contributed by atoms with Crippen molar-refractivity contribution in [3.8, 4) is 11.5 Å². The third kappa shape index (κ3) is 3.23. The Morgan fingerprint density at radius 2 is 1.88 bits per heavy atom. The third-order valence-electron chi connectivity index (χ3n) is 6.33. The molecule has 0 N–H and O–H groups in total. The van der Waals surface area contributed by atoms with E-state index in [1.807, 2.05) is 36.4 Å². The lowest BCUT2D eigenvalue weighted by molar-refractivity contribution is -0.384. The van der Waals surface area contributed by atoms with E-state index in [1.165, 1.54) is 6.07 Å². The van der Waals surface area contributed by atoms with Crippen LogP contribution in [0.2, 0.25) is 0 Å². The highest BCUT2D eigenvalue weighted by molar-refractivity contribution is 6.02. The number of benzene rings is 3. The molecule has 0 spiro atoms. The number of hydrogen-bond donors (Lipinski definition) is 0. The van der Waals surface area contributed by atoms with Crippen molar-refractivity contribution in [2.75, 3.05) is 7.11 Å². The number of ether oxygens (including phenoxy) is 2. The van der Waals surface area contributed by atoms with E-state index in [-0.39, 0.29) is 16.9 Å². The van der Waals surface area contributed by atoms with Crippen LogP contribution in [0.3, 0.4) is 0 Å². The number of methoxy groups -OCH3 is 1. The number of carbonyl (C=O) groups excluding carboxylic acids is 1. The molecule has 3 aromatic rings. The Bertz CT molecular complexity index is 1320. The molecule has 32 heavy (non-hydrogen) atoms. The lowest BCUT2D eigenvalue weighted by Crippen LogP contribution is -2.33. The van der Waals surface area contributed by atoms with Gasteiger partial charge >= 0.3 is 0 Å². The molecular formula is C26H23NO5. The van der Waals surface area contributed by atoms with Crippen LogP contribution in [0.25, 0.3) is 10.8 Å². The summed E-state index contributed by atoms with van der Waals surface area (Å²) in [6, 6.07) is 16.3. The fraction of sp³-hybridized carbons (Fsp3) is 0.269. The zero-order valence-electron chi connectivity index (χ0n) is 18.2. The first kappa shape index (κ1) is 20.2. The molecule has 1 aliphatic carbocycles. The Morgan fingerprint density at radius 3 is 2.62 bits per heavy atom. The van der Waals surface area contributed by atoms with Gasteiger partial charge in [0.2, 0.25) is 0 Å². The van der Waals surface area contributed by atoms with Gasteiger partial charge in [-0.15, -0.1) is 0 Å². The normalized spacial score (nSPS) is 19.2. The molecule has 6 heteroatoms. The Balaban J connectivity index is 1.83. The molecule has 2 aliphatic rings. The molecule has 0 bridgehead atoms. The minimum atomic E-state index is -0.451. The number of Topliss-reactive ketones (excluding diaryl/α,β-unsaturated/α-hetero) is 1. The molecule has 1 unspecified atom stereocenters. The monoisotopic (exact) mass is 429 g/mol. The SMILES string of the molecule is COc1ccc2ccc3c(c2c1)C(c1cccc([N+](=O)[O-])c1)C1=C(CC(C)(C)CC1=O)O3. The average molecular weight is 429 g/mol.